The van der Waals surface area contributed by atoms with Gasteiger partial charge in [-0.3, -0.25) is 0 Å². The van der Waals surface area contributed by atoms with Crippen LogP contribution in [0.25, 0.3) is 0 Å². The second kappa shape index (κ2) is 7.03. The van der Waals surface area contributed by atoms with Crippen molar-refractivity contribution < 1.29 is 14.3 Å². The molecule has 2 rings (SSSR count). The Bertz CT molecular complexity index is 460. The lowest BCUT2D eigenvalue weighted by atomic mass is 10.1. The molecule has 0 fully saturated rings. The molecule has 20 heavy (non-hydrogen) atoms. The maximum absolute atomic E-state index is 11.5. The minimum Gasteiger partial charge on any atom is -0.454 e. The summed E-state index contributed by atoms with van der Waals surface area (Å²) in [5.74, 6) is 2.17. The minimum atomic E-state index is -0.105. The van der Waals surface area contributed by atoms with Crippen molar-refractivity contribution in [3.63, 3.8) is 0 Å². The molecule has 0 aromatic heterocycles. The van der Waals surface area contributed by atoms with Gasteiger partial charge in [-0.25, -0.2) is 4.79 Å². The Kier molecular flexibility index (Phi) is 5.09. The summed E-state index contributed by atoms with van der Waals surface area (Å²) in [6, 6.07) is 5.75. The van der Waals surface area contributed by atoms with Crippen LogP contribution in [0.1, 0.15) is 25.8 Å². The molecule has 1 aromatic carbocycles. The van der Waals surface area contributed by atoms with Gasteiger partial charge in [0.05, 0.1) is 0 Å². The molecule has 0 bridgehead atoms. The molecular weight excluding hydrogens is 256 g/mol. The molecule has 0 radical (unpaired) electrons. The number of hydrogen-bond donors (Lipinski definition) is 2. The Labute approximate surface area is 119 Å². The van der Waals surface area contributed by atoms with Crippen LogP contribution in [-0.4, -0.2) is 25.9 Å². The lowest BCUT2D eigenvalue weighted by Crippen LogP contribution is -2.37. The van der Waals surface area contributed by atoms with Crippen molar-refractivity contribution in [3.05, 3.63) is 23.8 Å². The van der Waals surface area contributed by atoms with Crippen LogP contribution in [0.15, 0.2) is 18.2 Å². The van der Waals surface area contributed by atoms with Gasteiger partial charge in [0.2, 0.25) is 6.79 Å². The molecule has 0 unspecified atom stereocenters. The first-order chi connectivity index (χ1) is 9.65. The molecule has 0 aliphatic carbocycles. The molecule has 5 heteroatoms. The van der Waals surface area contributed by atoms with Gasteiger partial charge < -0.3 is 20.1 Å². The van der Waals surface area contributed by atoms with Gasteiger partial charge in [-0.1, -0.05) is 19.9 Å². The first-order valence-electron chi connectivity index (χ1n) is 7.05. The molecule has 5 nitrogen and oxygen atoms in total. The Hall–Kier alpha value is -1.91. The van der Waals surface area contributed by atoms with E-state index >= 15 is 0 Å². The fourth-order valence-corrected chi connectivity index (χ4v) is 1.95. The van der Waals surface area contributed by atoms with Gasteiger partial charge in [0, 0.05) is 13.1 Å². The molecule has 1 aliphatic rings. The van der Waals surface area contributed by atoms with E-state index in [0.29, 0.717) is 19.0 Å². The highest BCUT2D eigenvalue weighted by atomic mass is 16.7. The summed E-state index contributed by atoms with van der Waals surface area (Å²) in [4.78, 5) is 11.5. The van der Waals surface area contributed by atoms with Gasteiger partial charge in [-0.2, -0.15) is 0 Å². The standard InChI is InChI=1S/C15H22N2O3/c1-11(2)5-7-16-15(18)17-8-6-12-3-4-13-14(9-12)20-10-19-13/h3-4,9,11H,5-8,10H2,1-2H3,(H2,16,17,18). The average Bonchev–Trinajstić information content (AvgIpc) is 2.85. The zero-order chi connectivity index (χ0) is 14.4. The van der Waals surface area contributed by atoms with Crippen LogP contribution in [0.4, 0.5) is 4.79 Å². The monoisotopic (exact) mass is 278 g/mol. The number of amides is 2. The molecule has 1 heterocycles. The molecule has 110 valence electrons. The van der Waals surface area contributed by atoms with E-state index < -0.39 is 0 Å². The molecule has 0 atom stereocenters. The SMILES string of the molecule is CC(C)CCNC(=O)NCCc1ccc2c(c1)OCO2. The van der Waals surface area contributed by atoms with E-state index in [0.717, 1.165) is 29.9 Å². The fraction of sp³-hybridized carbons (Fsp3) is 0.533. The van der Waals surface area contributed by atoms with Crippen LogP contribution in [0, 0.1) is 5.92 Å². The highest BCUT2D eigenvalue weighted by Crippen LogP contribution is 2.32. The molecule has 2 N–H and O–H groups in total. The number of hydrogen-bond acceptors (Lipinski definition) is 3. The van der Waals surface area contributed by atoms with E-state index in [9.17, 15) is 4.79 Å². The average molecular weight is 278 g/mol. The minimum absolute atomic E-state index is 0.105. The van der Waals surface area contributed by atoms with E-state index in [1.807, 2.05) is 18.2 Å². The second-order valence-electron chi connectivity index (χ2n) is 5.30. The van der Waals surface area contributed by atoms with Crippen molar-refractivity contribution in [2.24, 2.45) is 5.92 Å². The third kappa shape index (κ3) is 4.33. The van der Waals surface area contributed by atoms with Crippen molar-refractivity contribution in [2.45, 2.75) is 26.7 Å². The third-order valence-electron chi connectivity index (χ3n) is 3.14. The van der Waals surface area contributed by atoms with Crippen molar-refractivity contribution in [3.8, 4) is 11.5 Å². The third-order valence-corrected chi connectivity index (χ3v) is 3.14. The van der Waals surface area contributed by atoms with Gasteiger partial charge >= 0.3 is 6.03 Å². The van der Waals surface area contributed by atoms with E-state index in [4.69, 9.17) is 9.47 Å². The zero-order valence-corrected chi connectivity index (χ0v) is 12.1. The predicted molar refractivity (Wildman–Crippen MR) is 77.1 cm³/mol. The van der Waals surface area contributed by atoms with E-state index in [-0.39, 0.29) is 12.8 Å². The fourth-order valence-electron chi connectivity index (χ4n) is 1.95. The quantitative estimate of drug-likeness (QED) is 0.839. The maximum Gasteiger partial charge on any atom is 0.314 e. The van der Waals surface area contributed by atoms with Crippen LogP contribution in [0.2, 0.25) is 0 Å². The zero-order valence-electron chi connectivity index (χ0n) is 12.1. The Morgan fingerprint density at radius 3 is 2.75 bits per heavy atom. The van der Waals surface area contributed by atoms with Crippen LogP contribution < -0.4 is 20.1 Å². The second-order valence-corrected chi connectivity index (χ2v) is 5.30. The van der Waals surface area contributed by atoms with Crippen molar-refractivity contribution in [2.75, 3.05) is 19.9 Å². The predicted octanol–water partition coefficient (Wildman–Crippen LogP) is 2.30. The number of fused-ring (bicyclic) bond motifs is 1. The Morgan fingerprint density at radius 1 is 1.20 bits per heavy atom. The molecule has 1 aliphatic heterocycles. The van der Waals surface area contributed by atoms with Gasteiger partial charge in [-0.15, -0.1) is 0 Å². The van der Waals surface area contributed by atoms with Crippen LogP contribution in [-0.2, 0) is 6.42 Å². The molecule has 2 amide bonds. The van der Waals surface area contributed by atoms with Crippen molar-refractivity contribution in [1.29, 1.82) is 0 Å². The van der Waals surface area contributed by atoms with Gasteiger partial charge in [-0.05, 0) is 36.5 Å². The lowest BCUT2D eigenvalue weighted by molar-refractivity contribution is 0.174. The molecule has 0 saturated carbocycles. The Morgan fingerprint density at radius 2 is 1.95 bits per heavy atom. The Balaban J connectivity index is 1.66. The summed E-state index contributed by atoms with van der Waals surface area (Å²) in [5, 5.41) is 5.70. The molecule has 1 aromatic rings. The summed E-state index contributed by atoms with van der Waals surface area (Å²) >= 11 is 0. The first-order valence-corrected chi connectivity index (χ1v) is 7.05. The largest absolute Gasteiger partial charge is 0.454 e. The summed E-state index contributed by atoms with van der Waals surface area (Å²) in [7, 11) is 0. The topological polar surface area (TPSA) is 59.6 Å². The number of nitrogens with one attached hydrogen (secondary N) is 2. The summed E-state index contributed by atoms with van der Waals surface area (Å²) in [6.45, 7) is 5.88. The molecule has 0 spiro atoms. The number of benzene rings is 1. The van der Waals surface area contributed by atoms with E-state index in [2.05, 4.69) is 24.5 Å². The number of carbonyl (C=O) groups excluding carboxylic acids is 1. The molecular formula is C15H22N2O3. The number of carbonyl (C=O) groups is 1. The van der Waals surface area contributed by atoms with Crippen LogP contribution >= 0.6 is 0 Å². The summed E-state index contributed by atoms with van der Waals surface area (Å²) < 4.78 is 10.6. The molecule has 0 saturated heterocycles. The first kappa shape index (κ1) is 14.5. The van der Waals surface area contributed by atoms with Gasteiger partial charge in [0.25, 0.3) is 0 Å². The van der Waals surface area contributed by atoms with Crippen molar-refractivity contribution >= 4 is 6.03 Å². The van der Waals surface area contributed by atoms with Gasteiger partial charge in [0.15, 0.2) is 11.5 Å². The maximum atomic E-state index is 11.5. The van der Waals surface area contributed by atoms with E-state index in [1.54, 1.807) is 0 Å². The van der Waals surface area contributed by atoms with E-state index in [1.165, 1.54) is 0 Å². The highest BCUT2D eigenvalue weighted by Gasteiger charge is 2.12. The summed E-state index contributed by atoms with van der Waals surface area (Å²) in [6.07, 6.45) is 1.77. The van der Waals surface area contributed by atoms with Crippen LogP contribution in [0.3, 0.4) is 0 Å². The van der Waals surface area contributed by atoms with Gasteiger partial charge in [0.1, 0.15) is 0 Å². The van der Waals surface area contributed by atoms with Crippen molar-refractivity contribution in [1.82, 2.24) is 10.6 Å². The smallest absolute Gasteiger partial charge is 0.314 e. The summed E-state index contributed by atoms with van der Waals surface area (Å²) in [5.41, 5.74) is 1.12. The van der Waals surface area contributed by atoms with Crippen LogP contribution in [0.5, 0.6) is 11.5 Å². The number of rotatable bonds is 6. The highest BCUT2D eigenvalue weighted by molar-refractivity contribution is 5.73. The number of ether oxygens (including phenoxy) is 2. The lowest BCUT2D eigenvalue weighted by Gasteiger charge is -2.09. The normalized spacial score (nSPS) is 12.6. The number of urea groups is 1.